The summed E-state index contributed by atoms with van der Waals surface area (Å²) in [7, 11) is 1.99. The van der Waals surface area contributed by atoms with Crippen LogP contribution in [0.3, 0.4) is 0 Å². The monoisotopic (exact) mass is 264 g/mol. The molecule has 2 heterocycles. The molecule has 2 aromatic rings. The summed E-state index contributed by atoms with van der Waals surface area (Å²) in [4.78, 5) is 5.75. The molecule has 2 aromatic heterocycles. The Hall–Kier alpha value is -1.20. The van der Waals surface area contributed by atoms with E-state index in [9.17, 15) is 0 Å². The lowest BCUT2D eigenvalue weighted by atomic mass is 10.2. The van der Waals surface area contributed by atoms with Crippen LogP contribution in [-0.4, -0.2) is 14.8 Å². The molecule has 2 rings (SSSR count). The van der Waals surface area contributed by atoms with Crippen molar-refractivity contribution in [1.29, 1.82) is 0 Å². The third-order valence-corrected chi connectivity index (χ3v) is 4.33. The molecule has 98 valence electrons. The zero-order chi connectivity index (χ0) is 13.1. The molecule has 0 aliphatic rings. The van der Waals surface area contributed by atoms with Crippen molar-refractivity contribution >= 4 is 11.3 Å². The minimum absolute atomic E-state index is 0.832. The Morgan fingerprint density at radius 3 is 2.67 bits per heavy atom. The van der Waals surface area contributed by atoms with E-state index in [1.807, 2.05) is 17.9 Å². The molecule has 0 aliphatic heterocycles. The van der Waals surface area contributed by atoms with Crippen LogP contribution in [0.4, 0.5) is 0 Å². The molecule has 0 unspecified atom stereocenters. The highest BCUT2D eigenvalue weighted by molar-refractivity contribution is 7.11. The van der Waals surface area contributed by atoms with Crippen molar-refractivity contribution in [3.8, 4) is 0 Å². The highest BCUT2D eigenvalue weighted by atomic mass is 32.1. The molecule has 4 nitrogen and oxygen atoms in total. The molecule has 0 fully saturated rings. The zero-order valence-corrected chi connectivity index (χ0v) is 12.3. The van der Waals surface area contributed by atoms with E-state index in [0.717, 1.165) is 30.2 Å². The maximum atomic E-state index is 4.42. The van der Waals surface area contributed by atoms with Crippen LogP contribution in [-0.2, 0) is 26.6 Å². The number of aromatic nitrogens is 3. The SMILES string of the molecule is CCc1cnc(CNCc2c(C)nn(C)c2C)s1. The van der Waals surface area contributed by atoms with E-state index in [2.05, 4.69) is 36.2 Å². The average Bonchev–Trinajstić information content (AvgIpc) is 2.89. The molecule has 5 heteroatoms. The number of aryl methyl sites for hydroxylation is 3. The van der Waals surface area contributed by atoms with Crippen molar-refractivity contribution in [3.63, 3.8) is 0 Å². The van der Waals surface area contributed by atoms with Gasteiger partial charge in [-0.3, -0.25) is 4.68 Å². The molecule has 0 atom stereocenters. The molecule has 0 aliphatic carbocycles. The summed E-state index contributed by atoms with van der Waals surface area (Å²) in [5, 5.41) is 9.02. The van der Waals surface area contributed by atoms with Crippen LogP contribution < -0.4 is 5.32 Å². The lowest BCUT2D eigenvalue weighted by molar-refractivity contribution is 0.681. The summed E-state index contributed by atoms with van der Waals surface area (Å²) >= 11 is 1.79. The van der Waals surface area contributed by atoms with E-state index >= 15 is 0 Å². The predicted octanol–water partition coefficient (Wildman–Crippen LogP) is 2.35. The topological polar surface area (TPSA) is 42.7 Å². The molecule has 0 aromatic carbocycles. The summed E-state index contributed by atoms with van der Waals surface area (Å²) in [6.07, 6.45) is 3.04. The van der Waals surface area contributed by atoms with Crippen LogP contribution in [0.25, 0.3) is 0 Å². The maximum absolute atomic E-state index is 4.42. The second-order valence-electron chi connectivity index (χ2n) is 4.45. The molecule has 0 saturated heterocycles. The van der Waals surface area contributed by atoms with Crippen LogP contribution in [0, 0.1) is 13.8 Å². The number of nitrogens with zero attached hydrogens (tertiary/aromatic N) is 3. The molecule has 18 heavy (non-hydrogen) atoms. The first-order valence-corrected chi connectivity index (χ1v) is 7.06. The Kier molecular flexibility index (Phi) is 4.14. The van der Waals surface area contributed by atoms with E-state index in [1.165, 1.54) is 16.1 Å². The Morgan fingerprint density at radius 2 is 2.11 bits per heavy atom. The summed E-state index contributed by atoms with van der Waals surface area (Å²) in [6, 6.07) is 0. The summed E-state index contributed by atoms with van der Waals surface area (Å²) in [5.74, 6) is 0. The van der Waals surface area contributed by atoms with Crippen molar-refractivity contribution in [3.05, 3.63) is 33.0 Å². The highest BCUT2D eigenvalue weighted by Crippen LogP contribution is 2.14. The lowest BCUT2D eigenvalue weighted by Crippen LogP contribution is -2.13. The van der Waals surface area contributed by atoms with Gasteiger partial charge in [0.15, 0.2) is 0 Å². The fraction of sp³-hybridized carbons (Fsp3) is 0.538. The molecule has 0 bridgehead atoms. The van der Waals surface area contributed by atoms with Gasteiger partial charge in [0.1, 0.15) is 5.01 Å². The van der Waals surface area contributed by atoms with Gasteiger partial charge in [-0.1, -0.05) is 6.92 Å². The summed E-state index contributed by atoms with van der Waals surface area (Å²) in [6.45, 7) is 8.01. The van der Waals surface area contributed by atoms with Crippen LogP contribution in [0.15, 0.2) is 6.20 Å². The average molecular weight is 264 g/mol. The second-order valence-corrected chi connectivity index (χ2v) is 5.65. The maximum Gasteiger partial charge on any atom is 0.107 e. The summed E-state index contributed by atoms with van der Waals surface area (Å²) < 4.78 is 1.94. The van der Waals surface area contributed by atoms with Gasteiger partial charge in [-0.05, 0) is 20.3 Å². The van der Waals surface area contributed by atoms with E-state index in [4.69, 9.17) is 0 Å². The molecular formula is C13H20N4S. The van der Waals surface area contributed by atoms with Gasteiger partial charge in [0.25, 0.3) is 0 Å². The number of rotatable bonds is 5. The number of hydrogen-bond donors (Lipinski definition) is 1. The minimum Gasteiger partial charge on any atom is -0.306 e. The standard InChI is InChI=1S/C13H20N4S/c1-5-11-6-15-13(18-11)8-14-7-12-9(2)16-17(4)10(12)3/h6,14H,5,7-8H2,1-4H3. The normalized spacial score (nSPS) is 11.1. The predicted molar refractivity (Wildman–Crippen MR) is 74.7 cm³/mol. The van der Waals surface area contributed by atoms with Gasteiger partial charge >= 0.3 is 0 Å². The van der Waals surface area contributed by atoms with E-state index in [1.54, 1.807) is 11.3 Å². The van der Waals surface area contributed by atoms with Crippen LogP contribution in [0.1, 0.15) is 33.8 Å². The van der Waals surface area contributed by atoms with E-state index in [-0.39, 0.29) is 0 Å². The Morgan fingerprint density at radius 1 is 1.33 bits per heavy atom. The first-order valence-electron chi connectivity index (χ1n) is 6.25. The zero-order valence-electron chi connectivity index (χ0n) is 11.4. The molecule has 0 saturated carbocycles. The largest absolute Gasteiger partial charge is 0.306 e. The van der Waals surface area contributed by atoms with Crippen LogP contribution in [0.5, 0.6) is 0 Å². The van der Waals surface area contributed by atoms with Crippen LogP contribution >= 0.6 is 11.3 Å². The van der Waals surface area contributed by atoms with Gasteiger partial charge in [-0.2, -0.15) is 5.10 Å². The van der Waals surface area contributed by atoms with E-state index in [0.29, 0.717) is 0 Å². The number of nitrogens with one attached hydrogen (secondary N) is 1. The highest BCUT2D eigenvalue weighted by Gasteiger charge is 2.08. The molecular weight excluding hydrogens is 244 g/mol. The van der Waals surface area contributed by atoms with Crippen molar-refractivity contribution in [2.24, 2.45) is 7.05 Å². The number of thiazole rings is 1. The molecule has 0 spiro atoms. The van der Waals surface area contributed by atoms with E-state index < -0.39 is 0 Å². The quantitative estimate of drug-likeness (QED) is 0.901. The van der Waals surface area contributed by atoms with Gasteiger partial charge < -0.3 is 5.32 Å². The lowest BCUT2D eigenvalue weighted by Gasteiger charge is -2.03. The van der Waals surface area contributed by atoms with Crippen molar-refractivity contribution in [2.75, 3.05) is 0 Å². The van der Waals surface area contributed by atoms with Crippen LogP contribution in [0.2, 0.25) is 0 Å². The Bertz CT molecular complexity index is 527. The van der Waals surface area contributed by atoms with Gasteiger partial charge in [-0.15, -0.1) is 11.3 Å². The second kappa shape index (κ2) is 5.63. The smallest absolute Gasteiger partial charge is 0.107 e. The van der Waals surface area contributed by atoms with Crippen molar-refractivity contribution in [2.45, 2.75) is 40.3 Å². The Labute approximate surface area is 112 Å². The fourth-order valence-electron chi connectivity index (χ4n) is 1.96. The van der Waals surface area contributed by atoms with Gasteiger partial charge in [-0.25, -0.2) is 4.98 Å². The molecule has 0 radical (unpaired) electrons. The Balaban J connectivity index is 1.92. The summed E-state index contributed by atoms with van der Waals surface area (Å²) in [5.41, 5.74) is 3.63. The number of hydrogen-bond acceptors (Lipinski definition) is 4. The third kappa shape index (κ3) is 2.79. The van der Waals surface area contributed by atoms with Crippen molar-refractivity contribution < 1.29 is 0 Å². The molecule has 1 N–H and O–H groups in total. The minimum atomic E-state index is 0.832. The fourth-order valence-corrected chi connectivity index (χ4v) is 2.79. The van der Waals surface area contributed by atoms with Gasteiger partial charge in [0.05, 0.1) is 5.69 Å². The molecule has 0 amide bonds. The van der Waals surface area contributed by atoms with Crippen molar-refractivity contribution in [1.82, 2.24) is 20.1 Å². The van der Waals surface area contributed by atoms with Gasteiger partial charge in [0.2, 0.25) is 0 Å². The first kappa shape index (κ1) is 13.2. The third-order valence-electron chi connectivity index (χ3n) is 3.19. The first-order chi connectivity index (χ1) is 8.61. The van der Waals surface area contributed by atoms with Gasteiger partial charge in [0, 0.05) is 42.5 Å².